The maximum atomic E-state index is 11.5. The van der Waals surface area contributed by atoms with Gasteiger partial charge in [-0.2, -0.15) is 5.10 Å². The number of hydrogen-bond acceptors (Lipinski definition) is 3. The van der Waals surface area contributed by atoms with Crippen LogP contribution in [0.4, 0.5) is 0 Å². The van der Waals surface area contributed by atoms with Crippen molar-refractivity contribution in [2.45, 2.75) is 64.7 Å². The van der Waals surface area contributed by atoms with Crippen molar-refractivity contribution in [1.29, 1.82) is 0 Å². The molecule has 1 N–H and O–H groups in total. The van der Waals surface area contributed by atoms with Crippen LogP contribution in [0.3, 0.4) is 0 Å². The maximum absolute atomic E-state index is 11.5. The van der Waals surface area contributed by atoms with E-state index in [2.05, 4.69) is 17.5 Å². The molecule has 4 heteroatoms. The minimum atomic E-state index is 0.0174. The van der Waals surface area contributed by atoms with Crippen molar-refractivity contribution in [3.8, 4) is 0 Å². The fourth-order valence-corrected chi connectivity index (χ4v) is 2.59. The van der Waals surface area contributed by atoms with Gasteiger partial charge in [0.15, 0.2) is 0 Å². The van der Waals surface area contributed by atoms with Crippen molar-refractivity contribution in [3.63, 3.8) is 0 Å². The predicted octanol–water partition coefficient (Wildman–Crippen LogP) is 4.73. The van der Waals surface area contributed by atoms with Gasteiger partial charge in [0, 0.05) is 11.3 Å². The SMILES string of the molecule is CCCCCCCCCCC(=O)NN=Cc1cccs1. The highest BCUT2D eigenvalue weighted by Gasteiger charge is 1.99. The normalized spacial score (nSPS) is 11.1. The van der Waals surface area contributed by atoms with Crippen molar-refractivity contribution in [1.82, 2.24) is 5.43 Å². The molecule has 0 unspecified atom stereocenters. The molecule has 0 aromatic carbocycles. The van der Waals surface area contributed by atoms with Crippen molar-refractivity contribution in [2.24, 2.45) is 5.10 Å². The molecule has 0 saturated heterocycles. The maximum Gasteiger partial charge on any atom is 0.240 e. The molecule has 112 valence electrons. The molecule has 0 aliphatic heterocycles. The Bertz CT molecular complexity index is 374. The summed E-state index contributed by atoms with van der Waals surface area (Å²) in [6.45, 7) is 2.24. The third-order valence-corrected chi connectivity index (χ3v) is 3.99. The predicted molar refractivity (Wildman–Crippen MR) is 87.3 cm³/mol. The zero-order chi connectivity index (χ0) is 14.5. The van der Waals surface area contributed by atoms with Crippen LogP contribution in [-0.4, -0.2) is 12.1 Å². The Morgan fingerprint density at radius 2 is 1.90 bits per heavy atom. The van der Waals surface area contributed by atoms with E-state index < -0.39 is 0 Å². The van der Waals surface area contributed by atoms with E-state index in [9.17, 15) is 4.79 Å². The lowest BCUT2D eigenvalue weighted by Gasteiger charge is -2.01. The monoisotopic (exact) mass is 294 g/mol. The summed E-state index contributed by atoms with van der Waals surface area (Å²) in [5.74, 6) is 0.0174. The lowest BCUT2D eigenvalue weighted by molar-refractivity contribution is -0.121. The Morgan fingerprint density at radius 3 is 2.55 bits per heavy atom. The Hall–Kier alpha value is -1.16. The van der Waals surface area contributed by atoms with Gasteiger partial charge in [-0.05, 0) is 17.9 Å². The molecule has 0 saturated carbocycles. The number of unbranched alkanes of at least 4 members (excludes halogenated alkanes) is 7. The molecular formula is C16H26N2OS. The molecule has 0 radical (unpaired) electrons. The van der Waals surface area contributed by atoms with Crippen LogP contribution in [0.1, 0.15) is 69.6 Å². The first kappa shape index (κ1) is 16.9. The minimum absolute atomic E-state index is 0.0174. The van der Waals surface area contributed by atoms with Crippen LogP contribution in [0, 0.1) is 0 Å². The van der Waals surface area contributed by atoms with Gasteiger partial charge < -0.3 is 0 Å². The second-order valence-corrected chi connectivity index (χ2v) is 6.01. The van der Waals surface area contributed by atoms with E-state index in [0.29, 0.717) is 6.42 Å². The number of amides is 1. The fraction of sp³-hybridized carbons (Fsp3) is 0.625. The number of hydrogen-bond donors (Lipinski definition) is 1. The highest BCUT2D eigenvalue weighted by atomic mass is 32.1. The van der Waals surface area contributed by atoms with Crippen molar-refractivity contribution in [3.05, 3.63) is 22.4 Å². The van der Waals surface area contributed by atoms with Crippen LogP contribution in [0.2, 0.25) is 0 Å². The van der Waals surface area contributed by atoms with Gasteiger partial charge in [-0.25, -0.2) is 5.43 Å². The molecule has 0 fully saturated rings. The zero-order valence-corrected chi connectivity index (χ0v) is 13.3. The average molecular weight is 294 g/mol. The molecule has 0 atom stereocenters. The molecule has 0 bridgehead atoms. The van der Waals surface area contributed by atoms with E-state index in [4.69, 9.17) is 0 Å². The molecule has 0 aliphatic carbocycles. The zero-order valence-electron chi connectivity index (χ0n) is 12.4. The smallest absolute Gasteiger partial charge is 0.240 e. The lowest BCUT2D eigenvalue weighted by Crippen LogP contribution is -2.16. The average Bonchev–Trinajstić information content (AvgIpc) is 2.95. The van der Waals surface area contributed by atoms with E-state index >= 15 is 0 Å². The summed E-state index contributed by atoms with van der Waals surface area (Å²) >= 11 is 1.61. The van der Waals surface area contributed by atoms with Gasteiger partial charge >= 0.3 is 0 Å². The van der Waals surface area contributed by atoms with Gasteiger partial charge in [-0.3, -0.25) is 4.79 Å². The van der Waals surface area contributed by atoms with E-state index in [0.717, 1.165) is 17.7 Å². The molecule has 1 aromatic heterocycles. The van der Waals surface area contributed by atoms with Crippen molar-refractivity contribution < 1.29 is 4.79 Å². The van der Waals surface area contributed by atoms with E-state index in [1.807, 2.05) is 17.5 Å². The van der Waals surface area contributed by atoms with Crippen LogP contribution in [-0.2, 0) is 4.79 Å². The molecule has 3 nitrogen and oxygen atoms in total. The molecular weight excluding hydrogens is 268 g/mol. The molecule has 1 rings (SSSR count). The first-order valence-electron chi connectivity index (χ1n) is 7.68. The summed E-state index contributed by atoms with van der Waals surface area (Å²) in [6.07, 6.45) is 12.3. The van der Waals surface area contributed by atoms with Gasteiger partial charge in [0.05, 0.1) is 6.21 Å². The summed E-state index contributed by atoms with van der Waals surface area (Å²) in [4.78, 5) is 12.6. The molecule has 20 heavy (non-hydrogen) atoms. The van der Waals surface area contributed by atoms with Crippen LogP contribution in [0.15, 0.2) is 22.6 Å². The van der Waals surface area contributed by atoms with E-state index in [1.54, 1.807) is 17.6 Å². The number of nitrogens with zero attached hydrogens (tertiary/aromatic N) is 1. The summed E-state index contributed by atoms with van der Waals surface area (Å²) < 4.78 is 0. The lowest BCUT2D eigenvalue weighted by atomic mass is 10.1. The number of hydrazone groups is 1. The van der Waals surface area contributed by atoms with Crippen LogP contribution in [0.5, 0.6) is 0 Å². The van der Waals surface area contributed by atoms with Gasteiger partial charge in [0.2, 0.25) is 5.91 Å². The highest BCUT2D eigenvalue weighted by molar-refractivity contribution is 7.11. The summed E-state index contributed by atoms with van der Waals surface area (Å²) in [6, 6.07) is 3.94. The number of carbonyl (C=O) groups is 1. The number of thiophene rings is 1. The second-order valence-electron chi connectivity index (χ2n) is 5.03. The summed E-state index contributed by atoms with van der Waals surface area (Å²) in [5.41, 5.74) is 2.58. The Morgan fingerprint density at radius 1 is 1.20 bits per heavy atom. The number of nitrogens with one attached hydrogen (secondary N) is 1. The summed E-state index contributed by atoms with van der Waals surface area (Å²) in [7, 11) is 0. The number of carbonyl (C=O) groups excluding carboxylic acids is 1. The van der Waals surface area contributed by atoms with Crippen LogP contribution >= 0.6 is 11.3 Å². The Kier molecular flexibility index (Phi) is 9.84. The first-order chi connectivity index (χ1) is 9.83. The van der Waals surface area contributed by atoms with Gasteiger partial charge in [-0.1, -0.05) is 57.9 Å². The molecule has 1 aromatic rings. The Labute approximate surface area is 126 Å². The number of rotatable bonds is 11. The minimum Gasteiger partial charge on any atom is -0.273 e. The fourth-order valence-electron chi connectivity index (χ4n) is 2.01. The van der Waals surface area contributed by atoms with Crippen molar-refractivity contribution in [2.75, 3.05) is 0 Å². The topological polar surface area (TPSA) is 41.5 Å². The third-order valence-electron chi connectivity index (χ3n) is 3.18. The molecule has 0 spiro atoms. The molecule has 1 heterocycles. The molecule has 0 aliphatic rings. The van der Waals surface area contributed by atoms with Crippen molar-refractivity contribution >= 4 is 23.5 Å². The van der Waals surface area contributed by atoms with Crippen LogP contribution < -0.4 is 5.43 Å². The van der Waals surface area contributed by atoms with E-state index in [1.165, 1.54) is 38.5 Å². The third kappa shape index (κ3) is 8.86. The molecule has 1 amide bonds. The standard InChI is InChI=1S/C16H26N2OS/c1-2-3-4-5-6-7-8-9-12-16(19)18-17-14-15-11-10-13-20-15/h10-11,13-14H,2-9,12H2,1H3,(H,18,19). The first-order valence-corrected chi connectivity index (χ1v) is 8.56. The van der Waals surface area contributed by atoms with E-state index in [-0.39, 0.29) is 5.91 Å². The van der Waals surface area contributed by atoms with Gasteiger partial charge in [0.25, 0.3) is 0 Å². The van der Waals surface area contributed by atoms with Gasteiger partial charge in [-0.15, -0.1) is 11.3 Å². The largest absolute Gasteiger partial charge is 0.273 e. The Balaban J connectivity index is 1.92. The summed E-state index contributed by atoms with van der Waals surface area (Å²) in [5, 5.41) is 5.94. The van der Waals surface area contributed by atoms with Gasteiger partial charge in [0.1, 0.15) is 0 Å². The van der Waals surface area contributed by atoms with Crippen LogP contribution in [0.25, 0.3) is 0 Å². The quantitative estimate of drug-likeness (QED) is 0.358. The second kappa shape index (κ2) is 11.6. The highest BCUT2D eigenvalue weighted by Crippen LogP contribution is 2.09.